The maximum atomic E-state index is 13.6. The summed E-state index contributed by atoms with van der Waals surface area (Å²) in [7, 11) is 0. The molecule has 4 rings (SSSR count). The smallest absolute Gasteiger partial charge is 0.326 e. The van der Waals surface area contributed by atoms with Gasteiger partial charge in [-0.1, -0.05) is 24.3 Å². The molecule has 2 aliphatic rings. The molecule has 2 aromatic carbocycles. The third kappa shape index (κ3) is 8.06. The van der Waals surface area contributed by atoms with E-state index in [0.717, 1.165) is 5.56 Å². The monoisotopic (exact) mass is 608 g/mol. The number of aryl methyl sites for hydroxylation is 1. The number of aromatic hydroxyl groups is 2. The largest absolute Gasteiger partial charge is 0.508 e. The lowest BCUT2D eigenvalue weighted by atomic mass is 9.91. The first-order valence-corrected chi connectivity index (χ1v) is 14.9. The van der Waals surface area contributed by atoms with E-state index < -0.39 is 47.9 Å². The normalized spacial score (nSPS) is 19.3. The number of benzene rings is 2. The molecule has 2 heterocycles. The molecule has 44 heavy (non-hydrogen) atoms. The van der Waals surface area contributed by atoms with Gasteiger partial charge in [-0.15, -0.1) is 0 Å². The summed E-state index contributed by atoms with van der Waals surface area (Å²) in [6.07, 6.45) is 3.47. The summed E-state index contributed by atoms with van der Waals surface area (Å²) in [6, 6.07) is 11.3. The molecule has 4 amide bonds. The number of phenolic OH excluding ortho intramolecular Hbond substituents is 2. The number of carbonyl (C=O) groups excluding carboxylic acids is 4. The van der Waals surface area contributed by atoms with Gasteiger partial charge < -0.3 is 35.8 Å². The number of hydrogen-bond acceptors (Lipinski definition) is 7. The first-order chi connectivity index (χ1) is 21.0. The van der Waals surface area contributed by atoms with E-state index in [1.165, 1.54) is 24.0 Å². The highest BCUT2D eigenvalue weighted by Crippen LogP contribution is 2.23. The molecule has 0 aliphatic carbocycles. The van der Waals surface area contributed by atoms with Crippen LogP contribution in [0.15, 0.2) is 48.5 Å². The molecule has 0 bridgehead atoms. The first kappa shape index (κ1) is 32.3. The second-order valence-electron chi connectivity index (χ2n) is 11.7. The molecule has 2 fully saturated rings. The lowest BCUT2D eigenvalue weighted by Crippen LogP contribution is -2.62. The fourth-order valence-corrected chi connectivity index (χ4v) is 5.92. The van der Waals surface area contributed by atoms with Crippen LogP contribution in [0.4, 0.5) is 0 Å². The summed E-state index contributed by atoms with van der Waals surface area (Å²) in [5, 5.41) is 34.0. The number of nitrogens with zero attached hydrogens (tertiary/aromatic N) is 2. The zero-order valence-corrected chi connectivity index (χ0v) is 24.8. The number of carboxylic acid groups (broad SMARTS) is 1. The number of phenols is 2. The summed E-state index contributed by atoms with van der Waals surface area (Å²) in [5.41, 5.74) is 0.108. The molecule has 5 N–H and O–H groups in total. The second kappa shape index (κ2) is 14.2. The summed E-state index contributed by atoms with van der Waals surface area (Å²) in [5.74, 6) is -2.68. The third-order valence-electron chi connectivity index (χ3n) is 8.32. The Balaban J connectivity index is 1.42. The standard InChI is InChI=1S/C32H40N4O8/c1-32(19-22-11-15-24(38)16-12-22,31(44)33-20-28(40)36-18-4-7-26(36)30(42)43)34-29(41)25-6-3-17-35(25)27(39)8-2-5-21-9-13-23(37)14-10-21/h9-16,25-26,37-38H,2-8,17-20H2,1H3,(H,33,44)(H,34,41)(H,42,43)/t25-,26-,32?/m0/s1. The highest BCUT2D eigenvalue weighted by atomic mass is 16.4. The fraction of sp³-hybridized carbons (Fsp3) is 0.469. The molecule has 3 atom stereocenters. The number of rotatable bonds is 12. The van der Waals surface area contributed by atoms with Crippen molar-refractivity contribution in [3.8, 4) is 11.5 Å². The number of amides is 4. The van der Waals surface area contributed by atoms with Crippen molar-refractivity contribution in [2.24, 2.45) is 0 Å². The van der Waals surface area contributed by atoms with Gasteiger partial charge in [0, 0.05) is 25.9 Å². The fourth-order valence-electron chi connectivity index (χ4n) is 5.92. The Hall–Kier alpha value is -4.61. The van der Waals surface area contributed by atoms with Crippen molar-refractivity contribution in [1.82, 2.24) is 20.4 Å². The van der Waals surface area contributed by atoms with Crippen LogP contribution in [-0.4, -0.2) is 92.0 Å². The zero-order valence-electron chi connectivity index (χ0n) is 24.8. The molecule has 2 saturated heterocycles. The Morgan fingerprint density at radius 2 is 1.36 bits per heavy atom. The predicted octanol–water partition coefficient (Wildman–Crippen LogP) is 1.72. The highest BCUT2D eigenvalue weighted by molar-refractivity contribution is 5.96. The van der Waals surface area contributed by atoms with Gasteiger partial charge in [-0.05, 0) is 80.8 Å². The minimum atomic E-state index is -1.53. The van der Waals surface area contributed by atoms with Crippen molar-refractivity contribution >= 4 is 29.6 Å². The molecule has 12 heteroatoms. The molecule has 2 aromatic rings. The van der Waals surface area contributed by atoms with Crippen molar-refractivity contribution in [2.75, 3.05) is 19.6 Å². The third-order valence-corrected chi connectivity index (χ3v) is 8.32. The van der Waals surface area contributed by atoms with Crippen LogP contribution in [0.25, 0.3) is 0 Å². The molecule has 0 saturated carbocycles. The summed E-state index contributed by atoms with van der Waals surface area (Å²) in [6.45, 7) is 1.81. The number of carboxylic acids is 1. The minimum Gasteiger partial charge on any atom is -0.508 e. The number of carbonyl (C=O) groups is 5. The van der Waals surface area contributed by atoms with Gasteiger partial charge in [0.1, 0.15) is 29.1 Å². The number of hydrogen-bond donors (Lipinski definition) is 5. The van der Waals surface area contributed by atoms with Gasteiger partial charge in [0.25, 0.3) is 0 Å². The SMILES string of the molecule is CC(Cc1ccc(O)cc1)(NC(=O)[C@@H]1CCCN1C(=O)CCCc1ccc(O)cc1)C(=O)NCC(=O)N1CCC[C@H]1C(=O)O. The molecular formula is C32H40N4O8. The average molecular weight is 609 g/mol. The minimum absolute atomic E-state index is 0.0355. The van der Waals surface area contributed by atoms with E-state index in [0.29, 0.717) is 50.6 Å². The van der Waals surface area contributed by atoms with E-state index in [2.05, 4.69) is 10.6 Å². The van der Waals surface area contributed by atoms with Crippen LogP contribution in [-0.2, 0) is 36.8 Å². The molecule has 2 aliphatic heterocycles. The van der Waals surface area contributed by atoms with Crippen molar-refractivity contribution in [3.05, 3.63) is 59.7 Å². The molecule has 1 unspecified atom stereocenters. The van der Waals surface area contributed by atoms with Crippen LogP contribution in [0.2, 0.25) is 0 Å². The van der Waals surface area contributed by atoms with Crippen LogP contribution in [0, 0.1) is 0 Å². The van der Waals surface area contributed by atoms with Gasteiger partial charge in [0.2, 0.25) is 23.6 Å². The molecule has 12 nitrogen and oxygen atoms in total. The summed E-state index contributed by atoms with van der Waals surface area (Å²) < 4.78 is 0. The Kier molecular flexibility index (Phi) is 10.5. The molecular weight excluding hydrogens is 568 g/mol. The van der Waals surface area contributed by atoms with E-state index in [-0.39, 0.29) is 36.8 Å². The van der Waals surface area contributed by atoms with Gasteiger partial charge in [0.15, 0.2) is 0 Å². The van der Waals surface area contributed by atoms with Gasteiger partial charge >= 0.3 is 5.97 Å². The van der Waals surface area contributed by atoms with E-state index >= 15 is 0 Å². The maximum absolute atomic E-state index is 13.6. The Labute approximate surface area is 256 Å². The van der Waals surface area contributed by atoms with Crippen molar-refractivity contribution in [3.63, 3.8) is 0 Å². The number of aliphatic carboxylic acids is 1. The number of likely N-dealkylation sites (tertiary alicyclic amines) is 2. The van der Waals surface area contributed by atoms with E-state index in [4.69, 9.17) is 0 Å². The average Bonchev–Trinajstić information content (AvgIpc) is 3.69. The van der Waals surface area contributed by atoms with E-state index in [1.54, 1.807) is 41.3 Å². The van der Waals surface area contributed by atoms with Gasteiger partial charge in [0.05, 0.1) is 6.54 Å². The summed E-state index contributed by atoms with van der Waals surface area (Å²) >= 11 is 0. The van der Waals surface area contributed by atoms with E-state index in [9.17, 15) is 39.3 Å². The lowest BCUT2D eigenvalue weighted by molar-refractivity contribution is -0.148. The van der Waals surface area contributed by atoms with Crippen LogP contribution < -0.4 is 10.6 Å². The van der Waals surface area contributed by atoms with Gasteiger partial charge in [-0.25, -0.2) is 4.79 Å². The number of nitrogens with one attached hydrogen (secondary N) is 2. The van der Waals surface area contributed by atoms with Crippen molar-refractivity contribution < 1.29 is 39.3 Å². The molecule has 0 spiro atoms. The maximum Gasteiger partial charge on any atom is 0.326 e. The van der Waals surface area contributed by atoms with Crippen molar-refractivity contribution in [1.29, 1.82) is 0 Å². The molecule has 0 aromatic heterocycles. The first-order valence-electron chi connectivity index (χ1n) is 14.9. The highest BCUT2D eigenvalue weighted by Gasteiger charge is 2.41. The second-order valence-corrected chi connectivity index (χ2v) is 11.7. The van der Waals surface area contributed by atoms with Crippen LogP contribution >= 0.6 is 0 Å². The Morgan fingerprint density at radius 3 is 1.95 bits per heavy atom. The van der Waals surface area contributed by atoms with E-state index in [1.807, 2.05) is 0 Å². The quantitative estimate of drug-likeness (QED) is 0.242. The molecule has 236 valence electrons. The van der Waals surface area contributed by atoms with Crippen molar-refractivity contribution in [2.45, 2.75) is 75.9 Å². The molecule has 0 radical (unpaired) electrons. The Bertz CT molecular complexity index is 1360. The summed E-state index contributed by atoms with van der Waals surface area (Å²) in [4.78, 5) is 67.4. The Morgan fingerprint density at radius 1 is 0.818 bits per heavy atom. The van der Waals surface area contributed by atoms with Crippen LogP contribution in [0.3, 0.4) is 0 Å². The van der Waals surface area contributed by atoms with Gasteiger partial charge in [-0.2, -0.15) is 0 Å². The van der Waals surface area contributed by atoms with Crippen LogP contribution in [0.1, 0.15) is 56.6 Å². The lowest BCUT2D eigenvalue weighted by Gasteiger charge is -2.33. The topological polar surface area (TPSA) is 177 Å². The zero-order chi connectivity index (χ0) is 31.9. The van der Waals surface area contributed by atoms with Crippen LogP contribution in [0.5, 0.6) is 11.5 Å². The predicted molar refractivity (Wildman–Crippen MR) is 160 cm³/mol. The van der Waals surface area contributed by atoms with Gasteiger partial charge in [-0.3, -0.25) is 19.2 Å².